The lowest BCUT2D eigenvalue weighted by atomic mass is 9.98. The molecule has 0 radical (unpaired) electrons. The molecule has 0 saturated carbocycles. The average molecular weight is 396 g/mol. The predicted octanol–water partition coefficient (Wildman–Crippen LogP) is 1.93. The Bertz CT molecular complexity index is 889. The van der Waals surface area contributed by atoms with Crippen molar-refractivity contribution in [3.05, 3.63) is 42.3 Å². The Morgan fingerprint density at radius 2 is 2.11 bits per heavy atom. The summed E-state index contributed by atoms with van der Waals surface area (Å²) in [5, 5.41) is 9.24. The lowest BCUT2D eigenvalue weighted by Crippen LogP contribution is -2.47. The minimum absolute atomic E-state index is 0.107. The van der Waals surface area contributed by atoms with Crippen LogP contribution < -0.4 is 9.46 Å². The van der Waals surface area contributed by atoms with Gasteiger partial charge in [-0.3, -0.25) is 0 Å². The molecule has 7 nitrogen and oxygen atoms in total. The van der Waals surface area contributed by atoms with Crippen molar-refractivity contribution in [2.24, 2.45) is 5.92 Å². The third-order valence-electron chi connectivity index (χ3n) is 4.26. The van der Waals surface area contributed by atoms with Crippen LogP contribution in [0.1, 0.15) is 6.42 Å². The van der Waals surface area contributed by atoms with Gasteiger partial charge in [0.15, 0.2) is 5.82 Å². The Balaban J connectivity index is 1.64. The van der Waals surface area contributed by atoms with Gasteiger partial charge >= 0.3 is 0 Å². The van der Waals surface area contributed by atoms with E-state index < -0.39 is 15.8 Å². The van der Waals surface area contributed by atoms with Crippen LogP contribution in [0, 0.1) is 11.7 Å². The number of pyridine rings is 1. The first kappa shape index (κ1) is 19.5. The molecular weight excluding hydrogens is 375 g/mol. The molecule has 2 heterocycles. The number of nitrogens with zero attached hydrogens (tertiary/aromatic N) is 1. The number of rotatable bonds is 6. The molecule has 27 heavy (non-hydrogen) atoms. The minimum Gasteiger partial charge on any atom is -0.506 e. The molecule has 0 spiro atoms. The van der Waals surface area contributed by atoms with Gasteiger partial charge in [0.05, 0.1) is 25.7 Å². The van der Waals surface area contributed by atoms with Gasteiger partial charge in [-0.2, -0.15) is 0 Å². The summed E-state index contributed by atoms with van der Waals surface area (Å²) in [5.41, 5.74) is 0.690. The summed E-state index contributed by atoms with van der Waals surface area (Å²) in [6.45, 7) is 1.20. The molecule has 0 bridgehead atoms. The average Bonchev–Trinajstić information content (AvgIpc) is 2.60. The first-order valence-corrected chi connectivity index (χ1v) is 10.3. The Hall–Kier alpha value is -2.23. The quantitative estimate of drug-likeness (QED) is 0.774. The van der Waals surface area contributed by atoms with E-state index >= 15 is 0 Å². The number of hydrogen-bond donors (Lipinski definition) is 2. The highest BCUT2D eigenvalue weighted by atomic mass is 32.2. The number of aromatic hydroxyl groups is 1. The monoisotopic (exact) mass is 396 g/mol. The zero-order chi connectivity index (χ0) is 19.4. The lowest BCUT2D eigenvalue weighted by Gasteiger charge is -2.31. The smallest absolute Gasteiger partial charge is 0.208 e. The lowest BCUT2D eigenvalue weighted by molar-refractivity contribution is 0.0187. The summed E-state index contributed by atoms with van der Waals surface area (Å²) in [6.07, 6.45) is 2.91. The third kappa shape index (κ3) is 5.38. The first-order chi connectivity index (χ1) is 12.8. The summed E-state index contributed by atoms with van der Waals surface area (Å²) >= 11 is 0. The van der Waals surface area contributed by atoms with Gasteiger partial charge in [0, 0.05) is 30.2 Å². The van der Waals surface area contributed by atoms with Gasteiger partial charge in [0.1, 0.15) is 17.2 Å². The molecule has 1 saturated heterocycles. The number of aromatic nitrogens is 1. The van der Waals surface area contributed by atoms with Crippen LogP contribution in [0.4, 0.5) is 4.39 Å². The molecule has 3 rings (SSSR count). The van der Waals surface area contributed by atoms with Gasteiger partial charge in [-0.1, -0.05) is 0 Å². The van der Waals surface area contributed by atoms with Crippen molar-refractivity contribution in [1.82, 2.24) is 9.71 Å². The zero-order valence-corrected chi connectivity index (χ0v) is 15.6. The number of hydrogen-bond acceptors (Lipinski definition) is 6. The molecule has 9 heteroatoms. The summed E-state index contributed by atoms with van der Waals surface area (Å²) < 4.78 is 50.7. The largest absolute Gasteiger partial charge is 0.506 e. The second-order valence-corrected chi connectivity index (χ2v) is 8.26. The van der Waals surface area contributed by atoms with Crippen molar-refractivity contribution in [3.63, 3.8) is 0 Å². The third-order valence-corrected chi connectivity index (χ3v) is 4.99. The van der Waals surface area contributed by atoms with E-state index in [-0.39, 0.29) is 23.4 Å². The highest BCUT2D eigenvalue weighted by Gasteiger charge is 2.28. The highest BCUT2D eigenvalue weighted by Crippen LogP contribution is 2.25. The summed E-state index contributed by atoms with van der Waals surface area (Å²) in [5.74, 6) is -0.383. The number of sulfonamides is 1. The molecule has 1 aromatic carbocycles. The Morgan fingerprint density at radius 3 is 2.78 bits per heavy atom. The SMILES string of the molecule is CS(=O)(=O)NC1CCOCC1COc1ccc(-c2ncc(O)cc2F)cc1. The second kappa shape index (κ2) is 8.20. The van der Waals surface area contributed by atoms with Crippen LogP contribution in [0.2, 0.25) is 0 Å². The summed E-state index contributed by atoms with van der Waals surface area (Å²) in [7, 11) is -3.30. The maximum Gasteiger partial charge on any atom is 0.208 e. The van der Waals surface area contributed by atoms with Crippen LogP contribution in [-0.4, -0.2) is 50.6 Å². The van der Waals surface area contributed by atoms with E-state index in [1.54, 1.807) is 24.3 Å². The van der Waals surface area contributed by atoms with Gasteiger partial charge < -0.3 is 14.6 Å². The van der Waals surface area contributed by atoms with Gasteiger partial charge in [0.25, 0.3) is 0 Å². The van der Waals surface area contributed by atoms with E-state index in [9.17, 15) is 17.9 Å². The van der Waals surface area contributed by atoms with Crippen LogP contribution in [0.25, 0.3) is 11.3 Å². The van der Waals surface area contributed by atoms with Gasteiger partial charge in [-0.25, -0.2) is 22.5 Å². The Morgan fingerprint density at radius 1 is 1.37 bits per heavy atom. The highest BCUT2D eigenvalue weighted by molar-refractivity contribution is 7.88. The molecule has 1 aliphatic heterocycles. The van der Waals surface area contributed by atoms with E-state index in [2.05, 4.69) is 9.71 Å². The van der Waals surface area contributed by atoms with Crippen molar-refractivity contribution < 1.29 is 27.4 Å². The van der Waals surface area contributed by atoms with Gasteiger partial charge in [-0.15, -0.1) is 0 Å². The number of halogens is 1. The molecule has 2 atom stereocenters. The van der Waals surface area contributed by atoms with Gasteiger partial charge in [-0.05, 0) is 30.7 Å². The molecule has 2 aromatic rings. The maximum absolute atomic E-state index is 13.9. The van der Waals surface area contributed by atoms with Crippen molar-refractivity contribution in [2.45, 2.75) is 12.5 Å². The predicted molar refractivity (Wildman–Crippen MR) is 97.5 cm³/mol. The van der Waals surface area contributed by atoms with Crippen molar-refractivity contribution in [1.29, 1.82) is 0 Å². The second-order valence-electron chi connectivity index (χ2n) is 6.48. The molecule has 146 valence electrons. The van der Waals surface area contributed by atoms with E-state index in [0.717, 1.165) is 12.3 Å². The molecule has 0 aliphatic carbocycles. The molecular formula is C18H21FN2O5S. The summed E-state index contributed by atoms with van der Waals surface area (Å²) in [4.78, 5) is 3.89. The van der Waals surface area contributed by atoms with Crippen LogP contribution >= 0.6 is 0 Å². The van der Waals surface area contributed by atoms with Crippen molar-refractivity contribution in [2.75, 3.05) is 26.1 Å². The van der Waals surface area contributed by atoms with E-state index in [0.29, 0.717) is 37.6 Å². The molecule has 1 aliphatic rings. The Labute approximate surface area is 157 Å². The van der Waals surface area contributed by atoms with Gasteiger partial charge in [0.2, 0.25) is 10.0 Å². The van der Waals surface area contributed by atoms with Crippen LogP contribution in [0.15, 0.2) is 36.5 Å². The number of benzene rings is 1. The van der Waals surface area contributed by atoms with E-state index in [1.807, 2.05) is 0 Å². The normalized spacial score (nSPS) is 20.4. The number of nitrogens with one attached hydrogen (secondary N) is 1. The standard InChI is InChI=1S/C18H21FN2O5S/c1-27(23,24)21-17-6-7-25-10-13(17)11-26-15-4-2-12(3-5-15)18-16(19)8-14(22)9-20-18/h2-5,8-9,13,17,21-22H,6-7,10-11H2,1H3. The van der Waals surface area contributed by atoms with Crippen molar-refractivity contribution >= 4 is 10.0 Å². The maximum atomic E-state index is 13.9. The fraction of sp³-hybridized carbons (Fsp3) is 0.389. The zero-order valence-electron chi connectivity index (χ0n) is 14.8. The molecule has 2 unspecified atom stereocenters. The fourth-order valence-electron chi connectivity index (χ4n) is 2.94. The molecule has 1 fully saturated rings. The molecule has 0 amide bonds. The van der Waals surface area contributed by atoms with Crippen LogP contribution in [0.3, 0.4) is 0 Å². The molecule has 2 N–H and O–H groups in total. The summed E-state index contributed by atoms with van der Waals surface area (Å²) in [6, 6.07) is 7.48. The van der Waals surface area contributed by atoms with E-state index in [1.165, 1.54) is 6.20 Å². The van der Waals surface area contributed by atoms with Crippen LogP contribution in [-0.2, 0) is 14.8 Å². The topological polar surface area (TPSA) is 97.8 Å². The first-order valence-electron chi connectivity index (χ1n) is 8.44. The molecule has 1 aromatic heterocycles. The van der Waals surface area contributed by atoms with E-state index in [4.69, 9.17) is 9.47 Å². The van der Waals surface area contributed by atoms with Crippen LogP contribution in [0.5, 0.6) is 11.5 Å². The number of ether oxygens (including phenoxy) is 2. The Kier molecular flexibility index (Phi) is 5.93. The fourth-order valence-corrected chi connectivity index (χ4v) is 3.80. The minimum atomic E-state index is -3.30. The van der Waals surface area contributed by atoms with Crippen molar-refractivity contribution in [3.8, 4) is 22.8 Å².